The maximum atomic E-state index is 8.05. The van der Waals surface area contributed by atoms with Crippen LogP contribution in [0.3, 0.4) is 0 Å². The third-order valence-corrected chi connectivity index (χ3v) is 1.16. The number of hydrogen-bond donors (Lipinski definition) is 2. The highest BCUT2D eigenvalue weighted by Gasteiger charge is 2.21. The summed E-state index contributed by atoms with van der Waals surface area (Å²) in [5.41, 5.74) is -1.99. The highest BCUT2D eigenvalue weighted by Crippen LogP contribution is 2.11. The molecule has 6 heteroatoms. The molecule has 0 saturated carbocycles. The van der Waals surface area contributed by atoms with Crippen molar-refractivity contribution in [3.05, 3.63) is 0 Å². The summed E-state index contributed by atoms with van der Waals surface area (Å²) in [7, 11) is 0. The lowest BCUT2D eigenvalue weighted by Gasteiger charge is -2.17. The molecular formula is C8H14O6. The second-order valence-corrected chi connectivity index (χ2v) is 3.59. The quantitative estimate of drug-likeness (QED) is 0.411. The van der Waals surface area contributed by atoms with Gasteiger partial charge in [-0.15, -0.1) is 0 Å². The van der Waals surface area contributed by atoms with E-state index in [9.17, 15) is 0 Å². The fraction of sp³-hybridized carbons (Fsp3) is 0.750. The smallest absolute Gasteiger partial charge is 0.161 e. The predicted molar refractivity (Wildman–Crippen MR) is 45.5 cm³/mol. The molecule has 0 spiro atoms. The Labute approximate surface area is 82.1 Å². The topological polar surface area (TPSA) is 77.4 Å². The van der Waals surface area contributed by atoms with Gasteiger partial charge < -0.3 is 0 Å². The third-order valence-electron chi connectivity index (χ3n) is 1.16. The van der Waals surface area contributed by atoms with E-state index in [1.54, 1.807) is 27.7 Å². The Kier molecular flexibility index (Phi) is 5.01. The van der Waals surface area contributed by atoms with Crippen molar-refractivity contribution in [1.29, 1.82) is 0 Å². The van der Waals surface area contributed by atoms with Crippen LogP contribution < -0.4 is 0 Å². The van der Waals surface area contributed by atoms with Gasteiger partial charge in [-0.1, -0.05) is 21.9 Å². The van der Waals surface area contributed by atoms with Crippen molar-refractivity contribution in [3.8, 4) is 11.8 Å². The van der Waals surface area contributed by atoms with Crippen LogP contribution in [-0.2, 0) is 19.9 Å². The maximum absolute atomic E-state index is 8.05. The minimum absolute atomic E-state index is 0.995. The van der Waals surface area contributed by atoms with E-state index in [1.165, 1.54) is 0 Å². The van der Waals surface area contributed by atoms with E-state index in [2.05, 4.69) is 31.7 Å². The van der Waals surface area contributed by atoms with Crippen molar-refractivity contribution in [2.75, 3.05) is 0 Å². The molecule has 14 heavy (non-hydrogen) atoms. The van der Waals surface area contributed by atoms with Gasteiger partial charge in [0, 0.05) is 0 Å². The van der Waals surface area contributed by atoms with Gasteiger partial charge in [0.15, 0.2) is 11.2 Å². The van der Waals surface area contributed by atoms with Crippen LogP contribution in [-0.4, -0.2) is 21.7 Å². The van der Waals surface area contributed by atoms with Gasteiger partial charge >= 0.3 is 0 Å². The van der Waals surface area contributed by atoms with E-state index < -0.39 is 11.2 Å². The zero-order chi connectivity index (χ0) is 11.2. The van der Waals surface area contributed by atoms with Gasteiger partial charge in [-0.05, 0) is 27.7 Å². The zero-order valence-electron chi connectivity index (χ0n) is 8.53. The molecule has 0 unspecified atom stereocenters. The molecule has 0 rings (SSSR count). The molecule has 0 aromatic carbocycles. The summed E-state index contributed by atoms with van der Waals surface area (Å²) in [5.74, 6) is 5.22. The molecule has 0 aliphatic carbocycles. The molecular weight excluding hydrogens is 192 g/mol. The molecule has 6 nitrogen and oxygen atoms in total. The van der Waals surface area contributed by atoms with Gasteiger partial charge in [0.25, 0.3) is 0 Å². The van der Waals surface area contributed by atoms with Crippen LogP contribution in [0.5, 0.6) is 0 Å². The predicted octanol–water partition coefficient (Wildman–Crippen LogP) is 1.39. The van der Waals surface area contributed by atoms with Crippen LogP contribution in [0.4, 0.5) is 0 Å². The van der Waals surface area contributed by atoms with Gasteiger partial charge in [0.2, 0.25) is 0 Å². The summed E-state index contributed by atoms with van der Waals surface area (Å²) in [5, 5.41) is 23.1. The Morgan fingerprint density at radius 3 is 1.29 bits per heavy atom. The van der Waals surface area contributed by atoms with Crippen molar-refractivity contribution < 1.29 is 30.4 Å². The SMILES string of the molecule is CC(C)(C#CC(C)(C)OOO)OOO. The van der Waals surface area contributed by atoms with E-state index in [0.29, 0.717) is 0 Å². The van der Waals surface area contributed by atoms with Crippen molar-refractivity contribution in [1.82, 2.24) is 0 Å². The van der Waals surface area contributed by atoms with Crippen LogP contribution in [0.2, 0.25) is 0 Å². The monoisotopic (exact) mass is 206 g/mol. The zero-order valence-corrected chi connectivity index (χ0v) is 8.53. The molecule has 0 fully saturated rings. The molecule has 0 amide bonds. The largest absolute Gasteiger partial charge is 0.221 e. The Morgan fingerprint density at radius 1 is 0.786 bits per heavy atom. The average molecular weight is 206 g/mol. The van der Waals surface area contributed by atoms with E-state index in [4.69, 9.17) is 10.5 Å². The molecule has 0 aliphatic heterocycles. The molecule has 0 heterocycles. The number of rotatable bonds is 4. The lowest BCUT2D eigenvalue weighted by atomic mass is 10.1. The Bertz CT molecular complexity index is 202. The molecule has 0 atom stereocenters. The number of hydrogen-bond acceptors (Lipinski definition) is 6. The van der Waals surface area contributed by atoms with Gasteiger partial charge in [0.05, 0.1) is 0 Å². The normalized spacial score (nSPS) is 12.1. The first-order chi connectivity index (χ1) is 6.33. The van der Waals surface area contributed by atoms with Gasteiger partial charge in [-0.3, -0.25) is 0 Å². The van der Waals surface area contributed by atoms with Crippen molar-refractivity contribution in [3.63, 3.8) is 0 Å². The summed E-state index contributed by atoms with van der Waals surface area (Å²) in [6.07, 6.45) is 0. The van der Waals surface area contributed by atoms with Crippen molar-refractivity contribution in [2.45, 2.75) is 38.9 Å². The summed E-state index contributed by atoms with van der Waals surface area (Å²) >= 11 is 0. The second kappa shape index (κ2) is 5.26. The van der Waals surface area contributed by atoms with Gasteiger partial charge in [-0.25, -0.2) is 10.5 Å². The van der Waals surface area contributed by atoms with E-state index in [1.807, 2.05) is 0 Å². The maximum Gasteiger partial charge on any atom is 0.161 e. The van der Waals surface area contributed by atoms with Crippen LogP contribution in [0.1, 0.15) is 27.7 Å². The second-order valence-electron chi connectivity index (χ2n) is 3.59. The Morgan fingerprint density at radius 2 is 1.07 bits per heavy atom. The third kappa shape index (κ3) is 5.88. The molecule has 82 valence electrons. The highest BCUT2D eigenvalue weighted by molar-refractivity contribution is 5.17. The van der Waals surface area contributed by atoms with Crippen LogP contribution in [0, 0.1) is 11.8 Å². The lowest BCUT2D eigenvalue weighted by molar-refractivity contribution is -0.515. The van der Waals surface area contributed by atoms with Crippen molar-refractivity contribution >= 4 is 0 Å². The first-order valence-electron chi connectivity index (χ1n) is 3.86. The fourth-order valence-electron chi connectivity index (χ4n) is 0.529. The summed E-state index contributed by atoms with van der Waals surface area (Å²) < 4.78 is 0. The molecule has 0 aromatic heterocycles. The average Bonchev–Trinajstić information content (AvgIpc) is 2.01. The Balaban J connectivity index is 4.39. The minimum atomic E-state index is -0.995. The van der Waals surface area contributed by atoms with Crippen LogP contribution >= 0.6 is 0 Å². The first kappa shape index (κ1) is 13.3. The molecule has 0 aromatic rings. The molecule has 0 radical (unpaired) electrons. The Hall–Kier alpha value is -0.680. The fourth-order valence-corrected chi connectivity index (χ4v) is 0.529. The van der Waals surface area contributed by atoms with Gasteiger partial charge in [0.1, 0.15) is 0 Å². The molecule has 0 saturated heterocycles. The summed E-state index contributed by atoms with van der Waals surface area (Å²) in [6, 6.07) is 0. The standard InChI is InChI=1S/C8H14O6/c1-7(2,11-13-9)5-6-8(3,4)12-14-10/h9-10H,1-4H3. The van der Waals surface area contributed by atoms with Crippen LogP contribution in [0.15, 0.2) is 0 Å². The lowest BCUT2D eigenvalue weighted by Crippen LogP contribution is -2.26. The summed E-state index contributed by atoms with van der Waals surface area (Å²) in [4.78, 5) is 8.85. The molecule has 2 N–H and O–H groups in total. The molecule has 0 aliphatic rings. The van der Waals surface area contributed by atoms with Crippen molar-refractivity contribution in [2.24, 2.45) is 0 Å². The summed E-state index contributed by atoms with van der Waals surface area (Å²) in [6.45, 7) is 6.30. The van der Waals surface area contributed by atoms with E-state index in [0.717, 1.165) is 0 Å². The first-order valence-corrected chi connectivity index (χ1v) is 3.86. The molecule has 0 bridgehead atoms. The van der Waals surface area contributed by atoms with Gasteiger partial charge in [-0.2, -0.15) is 9.78 Å². The highest BCUT2D eigenvalue weighted by atomic mass is 17.5. The minimum Gasteiger partial charge on any atom is -0.221 e. The van der Waals surface area contributed by atoms with E-state index in [-0.39, 0.29) is 0 Å². The van der Waals surface area contributed by atoms with Crippen LogP contribution in [0.25, 0.3) is 0 Å². The van der Waals surface area contributed by atoms with E-state index >= 15 is 0 Å².